The van der Waals surface area contributed by atoms with E-state index in [1.165, 1.54) is 12.1 Å². The lowest BCUT2D eigenvalue weighted by Gasteiger charge is -2.09. The highest BCUT2D eigenvalue weighted by Crippen LogP contribution is 2.29. The molecule has 3 aromatic heterocycles. The highest BCUT2D eigenvalue weighted by Gasteiger charge is 2.20. The minimum atomic E-state index is -0.917. The second kappa shape index (κ2) is 8.74. The average molecular weight is 459 g/mol. The zero-order chi connectivity index (χ0) is 23.8. The minimum absolute atomic E-state index is 0.0174. The van der Waals surface area contributed by atoms with Gasteiger partial charge in [0, 0.05) is 18.2 Å². The van der Waals surface area contributed by atoms with E-state index < -0.39 is 11.6 Å². The third-order valence-corrected chi connectivity index (χ3v) is 5.97. The van der Waals surface area contributed by atoms with Crippen molar-refractivity contribution in [3.63, 3.8) is 0 Å². The lowest BCUT2D eigenvalue weighted by atomic mass is 10.1. The molecule has 0 unspecified atom stereocenters. The lowest BCUT2D eigenvalue weighted by Crippen LogP contribution is -2.03. The predicted molar refractivity (Wildman–Crippen MR) is 125 cm³/mol. The van der Waals surface area contributed by atoms with Gasteiger partial charge in [0.15, 0.2) is 17.3 Å². The van der Waals surface area contributed by atoms with Crippen molar-refractivity contribution in [2.45, 2.75) is 33.1 Å². The standard InChI is InChI=1S/C27H23F2N3O2/c1-3-17-12-20(34-16(17)2)14-23-27(33)32-15-24(18-8-5-4-6-9-18)30-22(26(32)31-23)13-19-10-7-11-21(28)25(19)29/h4-12,15,33H,3,13-14H2,1-2H3. The van der Waals surface area contributed by atoms with Gasteiger partial charge < -0.3 is 9.52 Å². The number of aryl methyl sites for hydroxylation is 2. The molecule has 2 aromatic carbocycles. The zero-order valence-electron chi connectivity index (χ0n) is 18.8. The molecule has 0 amide bonds. The quantitative estimate of drug-likeness (QED) is 0.337. The van der Waals surface area contributed by atoms with Gasteiger partial charge in [-0.1, -0.05) is 49.4 Å². The Morgan fingerprint density at radius 1 is 0.941 bits per heavy atom. The van der Waals surface area contributed by atoms with E-state index >= 15 is 0 Å². The van der Waals surface area contributed by atoms with Crippen LogP contribution in [0.15, 0.2) is 65.2 Å². The molecular formula is C27H23F2N3O2. The molecule has 1 N–H and O–H groups in total. The molecule has 34 heavy (non-hydrogen) atoms. The molecule has 0 fully saturated rings. The maximum absolute atomic E-state index is 14.5. The van der Waals surface area contributed by atoms with Crippen LogP contribution in [0.25, 0.3) is 16.9 Å². The van der Waals surface area contributed by atoms with Crippen molar-refractivity contribution >= 4 is 5.65 Å². The smallest absolute Gasteiger partial charge is 0.219 e. The number of benzene rings is 2. The second-order valence-electron chi connectivity index (χ2n) is 8.23. The predicted octanol–water partition coefficient (Wildman–Crippen LogP) is 6.03. The van der Waals surface area contributed by atoms with E-state index in [0.29, 0.717) is 34.9 Å². The molecule has 0 aliphatic heterocycles. The third-order valence-electron chi connectivity index (χ3n) is 5.97. The third kappa shape index (κ3) is 3.94. The van der Waals surface area contributed by atoms with E-state index in [2.05, 4.69) is 11.9 Å². The van der Waals surface area contributed by atoms with Crippen LogP contribution in [-0.2, 0) is 19.3 Å². The largest absolute Gasteiger partial charge is 0.493 e. The van der Waals surface area contributed by atoms with Gasteiger partial charge in [0.1, 0.15) is 17.2 Å². The zero-order valence-corrected chi connectivity index (χ0v) is 18.8. The molecule has 5 nitrogen and oxygen atoms in total. The summed E-state index contributed by atoms with van der Waals surface area (Å²) in [7, 11) is 0. The Hall–Kier alpha value is -4.00. The topological polar surface area (TPSA) is 63.6 Å². The Balaban J connectivity index is 1.65. The van der Waals surface area contributed by atoms with Crippen molar-refractivity contribution in [3.8, 4) is 17.1 Å². The van der Waals surface area contributed by atoms with Crippen LogP contribution in [0.1, 0.15) is 41.0 Å². The molecule has 0 saturated heterocycles. The summed E-state index contributed by atoms with van der Waals surface area (Å²) in [6.45, 7) is 3.96. The Kier molecular flexibility index (Phi) is 5.61. The highest BCUT2D eigenvalue weighted by molar-refractivity contribution is 5.63. The Bertz CT molecular complexity index is 1490. The van der Waals surface area contributed by atoms with Crippen molar-refractivity contribution < 1.29 is 18.3 Å². The average Bonchev–Trinajstić information content (AvgIpc) is 3.36. The molecule has 0 radical (unpaired) electrons. The fourth-order valence-electron chi connectivity index (χ4n) is 4.18. The maximum atomic E-state index is 14.5. The van der Waals surface area contributed by atoms with Gasteiger partial charge in [-0.2, -0.15) is 0 Å². The van der Waals surface area contributed by atoms with Gasteiger partial charge in [-0.3, -0.25) is 4.40 Å². The number of hydrogen-bond donors (Lipinski definition) is 1. The van der Waals surface area contributed by atoms with Crippen molar-refractivity contribution in [2.75, 3.05) is 0 Å². The van der Waals surface area contributed by atoms with Gasteiger partial charge in [-0.05, 0) is 36.6 Å². The van der Waals surface area contributed by atoms with E-state index in [4.69, 9.17) is 9.40 Å². The molecule has 0 spiro atoms. The van der Waals surface area contributed by atoms with E-state index in [1.54, 1.807) is 10.6 Å². The van der Waals surface area contributed by atoms with E-state index in [9.17, 15) is 13.9 Å². The maximum Gasteiger partial charge on any atom is 0.219 e. The molecule has 5 rings (SSSR count). The van der Waals surface area contributed by atoms with Crippen molar-refractivity contribution in [2.24, 2.45) is 0 Å². The number of nitrogens with zero attached hydrogens (tertiary/aromatic N) is 3. The van der Waals surface area contributed by atoms with Crippen molar-refractivity contribution in [1.82, 2.24) is 14.4 Å². The van der Waals surface area contributed by atoms with Crippen LogP contribution in [0, 0.1) is 18.6 Å². The molecule has 172 valence electrons. The number of rotatable bonds is 6. The first kappa shape index (κ1) is 21.8. The number of hydrogen-bond acceptors (Lipinski definition) is 4. The summed E-state index contributed by atoms with van der Waals surface area (Å²) < 4.78 is 35.7. The summed E-state index contributed by atoms with van der Waals surface area (Å²) in [5.41, 5.74) is 3.92. The van der Waals surface area contributed by atoms with Gasteiger partial charge in [0.05, 0.1) is 17.8 Å². The molecule has 7 heteroatoms. The van der Waals surface area contributed by atoms with Gasteiger partial charge in [-0.15, -0.1) is 0 Å². The molecule has 0 atom stereocenters. The van der Waals surface area contributed by atoms with Crippen LogP contribution >= 0.6 is 0 Å². The van der Waals surface area contributed by atoms with Crippen LogP contribution in [0.3, 0.4) is 0 Å². The van der Waals surface area contributed by atoms with Crippen LogP contribution in [0.5, 0.6) is 5.88 Å². The lowest BCUT2D eigenvalue weighted by molar-refractivity contribution is 0.436. The Morgan fingerprint density at radius 3 is 2.47 bits per heavy atom. The van der Waals surface area contributed by atoms with E-state index in [1.807, 2.05) is 43.3 Å². The van der Waals surface area contributed by atoms with E-state index in [-0.39, 0.29) is 17.9 Å². The number of furan rings is 1. The van der Waals surface area contributed by atoms with Gasteiger partial charge in [-0.25, -0.2) is 18.7 Å². The van der Waals surface area contributed by atoms with Crippen LogP contribution in [-0.4, -0.2) is 19.5 Å². The van der Waals surface area contributed by atoms with Crippen molar-refractivity contribution in [1.29, 1.82) is 0 Å². The van der Waals surface area contributed by atoms with Gasteiger partial charge in [0.2, 0.25) is 5.88 Å². The second-order valence-corrected chi connectivity index (χ2v) is 8.23. The summed E-state index contributed by atoms with van der Waals surface area (Å²) >= 11 is 0. The van der Waals surface area contributed by atoms with Crippen LogP contribution < -0.4 is 0 Å². The monoisotopic (exact) mass is 459 g/mol. The summed E-state index contributed by atoms with van der Waals surface area (Å²) in [6, 6.07) is 15.5. The summed E-state index contributed by atoms with van der Waals surface area (Å²) in [4.78, 5) is 9.35. The van der Waals surface area contributed by atoms with Gasteiger partial charge in [0.25, 0.3) is 0 Å². The molecule has 0 saturated carbocycles. The first-order valence-corrected chi connectivity index (χ1v) is 11.1. The summed E-state index contributed by atoms with van der Waals surface area (Å²) in [5.74, 6) is -0.332. The van der Waals surface area contributed by atoms with Gasteiger partial charge >= 0.3 is 0 Å². The fraction of sp³-hybridized carbons (Fsp3) is 0.185. The normalized spacial score (nSPS) is 11.4. The Morgan fingerprint density at radius 2 is 1.74 bits per heavy atom. The molecule has 0 aliphatic rings. The van der Waals surface area contributed by atoms with Crippen LogP contribution in [0.2, 0.25) is 0 Å². The molecule has 5 aromatic rings. The minimum Gasteiger partial charge on any atom is -0.493 e. The van der Waals surface area contributed by atoms with Crippen molar-refractivity contribution in [3.05, 3.63) is 106 Å². The first-order valence-electron chi connectivity index (χ1n) is 11.1. The first-order chi connectivity index (χ1) is 16.4. The Labute approximate surface area is 195 Å². The number of imidazole rings is 1. The molecular weight excluding hydrogens is 436 g/mol. The summed E-state index contributed by atoms with van der Waals surface area (Å²) in [6.07, 6.45) is 2.86. The van der Waals surface area contributed by atoms with E-state index in [0.717, 1.165) is 29.4 Å². The number of fused-ring (bicyclic) bond motifs is 1. The number of aromatic nitrogens is 3. The molecule has 0 aliphatic carbocycles. The number of halogens is 2. The molecule has 3 heterocycles. The number of aromatic hydroxyl groups is 1. The SMILES string of the molecule is CCc1cc(Cc2nc3c(Cc4cccc(F)c4F)nc(-c4ccccc4)cn3c2O)oc1C. The highest BCUT2D eigenvalue weighted by atomic mass is 19.2. The molecule has 0 bridgehead atoms. The fourth-order valence-corrected chi connectivity index (χ4v) is 4.18. The van der Waals surface area contributed by atoms with Crippen LogP contribution in [0.4, 0.5) is 8.78 Å². The summed E-state index contributed by atoms with van der Waals surface area (Å²) in [5, 5.41) is 11.0.